The molecule has 2 fully saturated rings. The van der Waals surface area contributed by atoms with Gasteiger partial charge in [0.05, 0.1) is 5.41 Å². The van der Waals surface area contributed by atoms with E-state index in [4.69, 9.17) is 0 Å². The first-order chi connectivity index (χ1) is 9.20. The molecule has 1 aromatic rings. The van der Waals surface area contributed by atoms with Gasteiger partial charge in [0.25, 0.3) is 0 Å². The van der Waals surface area contributed by atoms with E-state index < -0.39 is 0 Å². The monoisotopic (exact) mass is 262 g/mol. The third-order valence-corrected chi connectivity index (χ3v) is 4.36. The number of amides is 1. The summed E-state index contributed by atoms with van der Waals surface area (Å²) in [6.45, 7) is 3.25. The van der Waals surface area contributed by atoms with Crippen molar-refractivity contribution in [3.8, 4) is 0 Å². The van der Waals surface area contributed by atoms with Gasteiger partial charge in [-0.3, -0.25) is 4.79 Å². The van der Waals surface area contributed by atoms with Crippen molar-refractivity contribution in [1.29, 1.82) is 0 Å². The van der Waals surface area contributed by atoms with E-state index in [1.807, 2.05) is 4.90 Å². The van der Waals surface area contributed by atoms with Crippen LogP contribution in [0.4, 0.5) is 4.39 Å². The fourth-order valence-corrected chi connectivity index (χ4v) is 3.22. The summed E-state index contributed by atoms with van der Waals surface area (Å²) in [6, 6.07) is 6.42. The van der Waals surface area contributed by atoms with E-state index in [0.717, 1.165) is 44.5 Å². The molecule has 3 nitrogen and oxygen atoms in total. The number of piperidine rings is 1. The number of hydrogen-bond acceptors (Lipinski definition) is 2. The molecule has 0 aromatic heterocycles. The Hall–Kier alpha value is -1.42. The first kappa shape index (κ1) is 12.6. The highest BCUT2D eigenvalue weighted by Gasteiger charge is 2.46. The molecule has 1 unspecified atom stereocenters. The van der Waals surface area contributed by atoms with Gasteiger partial charge in [0.2, 0.25) is 5.91 Å². The highest BCUT2D eigenvalue weighted by Crippen LogP contribution is 2.38. The van der Waals surface area contributed by atoms with Gasteiger partial charge in [-0.2, -0.15) is 0 Å². The number of nitrogens with zero attached hydrogens (tertiary/aromatic N) is 1. The Morgan fingerprint density at radius 3 is 2.74 bits per heavy atom. The summed E-state index contributed by atoms with van der Waals surface area (Å²) in [6.07, 6.45) is 3.02. The number of carbonyl (C=O) groups is 1. The van der Waals surface area contributed by atoms with Gasteiger partial charge in [0, 0.05) is 19.6 Å². The number of nitrogens with one attached hydrogen (secondary N) is 1. The highest BCUT2D eigenvalue weighted by molar-refractivity contribution is 5.85. The molecule has 1 amide bonds. The first-order valence-corrected chi connectivity index (χ1v) is 6.94. The second-order valence-electron chi connectivity index (χ2n) is 5.66. The van der Waals surface area contributed by atoms with Crippen LogP contribution in [0.1, 0.15) is 24.8 Å². The second kappa shape index (κ2) is 4.93. The average molecular weight is 262 g/mol. The van der Waals surface area contributed by atoms with Crippen molar-refractivity contribution in [2.24, 2.45) is 5.41 Å². The van der Waals surface area contributed by atoms with Gasteiger partial charge in [0.15, 0.2) is 0 Å². The van der Waals surface area contributed by atoms with Crippen LogP contribution >= 0.6 is 0 Å². The molecule has 1 atom stereocenters. The van der Waals surface area contributed by atoms with Crippen LogP contribution in [0.5, 0.6) is 0 Å². The third kappa shape index (κ3) is 2.37. The Kier molecular flexibility index (Phi) is 3.27. The lowest BCUT2D eigenvalue weighted by Crippen LogP contribution is -2.45. The summed E-state index contributed by atoms with van der Waals surface area (Å²) in [5, 5.41) is 3.34. The van der Waals surface area contributed by atoms with Crippen molar-refractivity contribution in [2.45, 2.75) is 25.8 Å². The quantitative estimate of drug-likeness (QED) is 0.883. The number of benzene rings is 1. The SMILES string of the molecule is O=C1N(Cc2ccc(F)cc2)CCC12CCCNC2. The lowest BCUT2D eigenvalue weighted by Gasteiger charge is -2.32. The van der Waals surface area contributed by atoms with Gasteiger partial charge in [-0.1, -0.05) is 12.1 Å². The number of hydrogen-bond donors (Lipinski definition) is 1. The molecule has 102 valence electrons. The molecule has 2 heterocycles. The van der Waals surface area contributed by atoms with Crippen molar-refractivity contribution in [3.63, 3.8) is 0 Å². The van der Waals surface area contributed by atoms with Crippen molar-refractivity contribution in [2.75, 3.05) is 19.6 Å². The van der Waals surface area contributed by atoms with Crippen LogP contribution in [-0.2, 0) is 11.3 Å². The maximum absolute atomic E-state index is 12.9. The molecule has 0 radical (unpaired) electrons. The van der Waals surface area contributed by atoms with Gasteiger partial charge in [-0.25, -0.2) is 4.39 Å². The summed E-state index contributed by atoms with van der Waals surface area (Å²) in [7, 11) is 0. The number of likely N-dealkylation sites (tertiary alicyclic amines) is 1. The molecule has 2 saturated heterocycles. The Morgan fingerprint density at radius 2 is 2.05 bits per heavy atom. The van der Waals surface area contributed by atoms with Crippen molar-refractivity contribution in [1.82, 2.24) is 10.2 Å². The van der Waals surface area contributed by atoms with E-state index in [9.17, 15) is 9.18 Å². The largest absolute Gasteiger partial charge is 0.338 e. The van der Waals surface area contributed by atoms with E-state index in [2.05, 4.69) is 5.32 Å². The Labute approximate surface area is 112 Å². The third-order valence-electron chi connectivity index (χ3n) is 4.36. The normalized spacial score (nSPS) is 27.2. The molecular formula is C15H19FN2O. The molecule has 4 heteroatoms. The molecule has 0 bridgehead atoms. The zero-order valence-electron chi connectivity index (χ0n) is 11.0. The van der Waals surface area contributed by atoms with Crippen LogP contribution in [0.25, 0.3) is 0 Å². The van der Waals surface area contributed by atoms with Crippen LogP contribution in [0, 0.1) is 11.2 Å². The van der Waals surface area contributed by atoms with Crippen molar-refractivity contribution >= 4 is 5.91 Å². The fourth-order valence-electron chi connectivity index (χ4n) is 3.22. The van der Waals surface area contributed by atoms with Gasteiger partial charge in [-0.05, 0) is 43.5 Å². The molecule has 0 saturated carbocycles. The van der Waals surface area contributed by atoms with E-state index in [0.29, 0.717) is 6.54 Å². The predicted molar refractivity (Wildman–Crippen MR) is 71.0 cm³/mol. The van der Waals surface area contributed by atoms with Crippen LogP contribution in [0.3, 0.4) is 0 Å². The summed E-state index contributed by atoms with van der Waals surface area (Å²) >= 11 is 0. The van der Waals surface area contributed by atoms with Crippen molar-refractivity contribution < 1.29 is 9.18 Å². The summed E-state index contributed by atoms with van der Waals surface area (Å²) in [4.78, 5) is 14.5. The number of halogens is 1. The van der Waals surface area contributed by atoms with Crippen LogP contribution in [0.2, 0.25) is 0 Å². The molecular weight excluding hydrogens is 243 g/mol. The zero-order valence-corrected chi connectivity index (χ0v) is 11.0. The standard InChI is InChI=1S/C15H19FN2O/c16-13-4-2-12(3-5-13)10-18-9-7-15(14(18)19)6-1-8-17-11-15/h2-5,17H,1,6-11H2. The Morgan fingerprint density at radius 1 is 1.26 bits per heavy atom. The molecule has 3 rings (SSSR count). The maximum atomic E-state index is 12.9. The number of rotatable bonds is 2. The van der Waals surface area contributed by atoms with E-state index >= 15 is 0 Å². The maximum Gasteiger partial charge on any atom is 0.230 e. The first-order valence-electron chi connectivity index (χ1n) is 6.94. The highest BCUT2D eigenvalue weighted by atomic mass is 19.1. The van der Waals surface area contributed by atoms with Gasteiger partial charge in [-0.15, -0.1) is 0 Å². The second-order valence-corrected chi connectivity index (χ2v) is 5.66. The van der Waals surface area contributed by atoms with Crippen LogP contribution < -0.4 is 5.32 Å². The molecule has 1 aromatic carbocycles. The van der Waals surface area contributed by atoms with Gasteiger partial charge < -0.3 is 10.2 Å². The molecule has 0 aliphatic carbocycles. The summed E-state index contributed by atoms with van der Waals surface area (Å²) < 4.78 is 12.9. The minimum absolute atomic E-state index is 0.168. The predicted octanol–water partition coefficient (Wildman–Crippen LogP) is 1.93. The Bertz CT molecular complexity index is 466. The lowest BCUT2D eigenvalue weighted by molar-refractivity contribution is -0.137. The molecule has 2 aliphatic rings. The summed E-state index contributed by atoms with van der Waals surface area (Å²) in [5.74, 6) is 0.0356. The Balaban J connectivity index is 1.70. The topological polar surface area (TPSA) is 32.3 Å². The fraction of sp³-hybridized carbons (Fsp3) is 0.533. The van der Waals surface area contributed by atoms with E-state index in [1.165, 1.54) is 12.1 Å². The zero-order chi connectivity index (χ0) is 13.3. The molecule has 1 spiro atoms. The van der Waals surface area contributed by atoms with Crippen LogP contribution in [0.15, 0.2) is 24.3 Å². The number of carbonyl (C=O) groups excluding carboxylic acids is 1. The summed E-state index contributed by atoms with van der Waals surface area (Å²) in [5.41, 5.74) is 0.828. The van der Waals surface area contributed by atoms with E-state index in [-0.39, 0.29) is 17.1 Å². The minimum atomic E-state index is -0.232. The lowest BCUT2D eigenvalue weighted by atomic mass is 9.79. The molecule has 1 N–H and O–H groups in total. The van der Waals surface area contributed by atoms with E-state index in [1.54, 1.807) is 12.1 Å². The molecule has 2 aliphatic heterocycles. The average Bonchev–Trinajstić information content (AvgIpc) is 2.72. The van der Waals surface area contributed by atoms with Crippen LogP contribution in [-0.4, -0.2) is 30.4 Å². The smallest absolute Gasteiger partial charge is 0.230 e. The van der Waals surface area contributed by atoms with Gasteiger partial charge >= 0.3 is 0 Å². The molecule has 19 heavy (non-hydrogen) atoms. The minimum Gasteiger partial charge on any atom is -0.338 e. The van der Waals surface area contributed by atoms with Gasteiger partial charge in [0.1, 0.15) is 5.82 Å². The van der Waals surface area contributed by atoms with Crippen molar-refractivity contribution in [3.05, 3.63) is 35.6 Å².